The van der Waals surface area contributed by atoms with Gasteiger partial charge in [0.1, 0.15) is 5.69 Å². The number of aliphatic hydroxyl groups excluding tert-OH is 1. The summed E-state index contributed by atoms with van der Waals surface area (Å²) in [6.07, 6.45) is -2.89. The molecule has 0 unspecified atom stereocenters. The quantitative estimate of drug-likeness (QED) is 0.892. The summed E-state index contributed by atoms with van der Waals surface area (Å²) in [5, 5.41) is 12.8. The molecule has 0 aromatic carbocycles. The van der Waals surface area contributed by atoms with Gasteiger partial charge in [0.2, 0.25) is 5.76 Å². The van der Waals surface area contributed by atoms with Gasteiger partial charge in [-0.05, 0) is 37.8 Å². The molecular weight excluding hydrogens is 357 g/mol. The number of likely N-dealkylation sites (tertiary alicyclic amines) is 1. The van der Waals surface area contributed by atoms with Gasteiger partial charge >= 0.3 is 6.18 Å². The molecule has 5 nitrogen and oxygen atoms in total. The highest BCUT2D eigenvalue weighted by atomic mass is 32.1. The Morgan fingerprint density at radius 2 is 2.24 bits per heavy atom. The Morgan fingerprint density at radius 1 is 1.48 bits per heavy atom. The Hall–Kier alpha value is -1.87. The van der Waals surface area contributed by atoms with Gasteiger partial charge in [0.15, 0.2) is 0 Å². The van der Waals surface area contributed by atoms with Crippen LogP contribution < -0.4 is 0 Å². The van der Waals surface area contributed by atoms with E-state index in [4.69, 9.17) is 0 Å². The minimum Gasteiger partial charge on any atom is -0.396 e. The molecule has 9 heteroatoms. The van der Waals surface area contributed by atoms with Crippen LogP contribution in [0.5, 0.6) is 0 Å². The van der Waals surface area contributed by atoms with Crippen LogP contribution >= 0.6 is 11.3 Å². The summed E-state index contributed by atoms with van der Waals surface area (Å²) in [5.74, 6) is -1.22. The van der Waals surface area contributed by atoms with E-state index in [1.54, 1.807) is 17.0 Å². The van der Waals surface area contributed by atoms with Crippen molar-refractivity contribution in [2.75, 3.05) is 19.7 Å². The highest BCUT2D eigenvalue weighted by molar-refractivity contribution is 7.17. The summed E-state index contributed by atoms with van der Waals surface area (Å²) in [4.78, 5) is 15.2. The second kappa shape index (κ2) is 6.80. The van der Waals surface area contributed by atoms with Crippen LogP contribution in [0.3, 0.4) is 0 Å². The monoisotopic (exact) mass is 374 g/mol. The summed E-state index contributed by atoms with van der Waals surface area (Å²) in [6, 6.07) is 3.17. The Bertz CT molecular complexity index is 769. The van der Waals surface area contributed by atoms with Crippen molar-refractivity contribution in [2.45, 2.75) is 25.9 Å². The van der Waals surface area contributed by atoms with Gasteiger partial charge in [-0.15, -0.1) is 11.3 Å². The van der Waals surface area contributed by atoms with Gasteiger partial charge in [-0.3, -0.25) is 4.79 Å². The summed E-state index contributed by atoms with van der Waals surface area (Å²) in [7, 11) is 0. The molecule has 0 saturated carbocycles. The fourth-order valence-electron chi connectivity index (χ4n) is 2.96. The van der Waals surface area contributed by atoms with E-state index in [-0.39, 0.29) is 29.7 Å². The molecule has 3 rings (SSSR count). The molecule has 0 spiro atoms. The Labute approximate surface area is 146 Å². The van der Waals surface area contributed by atoms with E-state index in [1.165, 1.54) is 6.92 Å². The van der Waals surface area contributed by atoms with Crippen molar-refractivity contribution >= 4 is 17.2 Å². The average Bonchev–Trinajstić information content (AvgIpc) is 3.20. The molecule has 0 bridgehead atoms. The van der Waals surface area contributed by atoms with E-state index < -0.39 is 11.9 Å². The van der Waals surface area contributed by atoms with E-state index in [2.05, 4.69) is 9.68 Å². The minimum atomic E-state index is -4.60. The lowest BCUT2D eigenvalue weighted by Gasteiger charge is -2.31. The third-order valence-electron chi connectivity index (χ3n) is 4.30. The molecule has 1 fully saturated rings. The predicted octanol–water partition coefficient (Wildman–Crippen LogP) is 3.57. The first-order valence-electron chi connectivity index (χ1n) is 7.85. The van der Waals surface area contributed by atoms with Crippen molar-refractivity contribution in [1.29, 1.82) is 0 Å². The molecule has 1 amide bonds. The SMILES string of the molecule is Cc1c(-c2ccc(C(=O)N3CCC[C@H](CO)C3)s2)noc1C(F)(F)F. The van der Waals surface area contributed by atoms with E-state index in [0.717, 1.165) is 24.2 Å². The Kier molecular flexibility index (Phi) is 4.88. The van der Waals surface area contributed by atoms with E-state index >= 15 is 0 Å². The molecule has 1 saturated heterocycles. The van der Waals surface area contributed by atoms with Crippen molar-refractivity contribution in [1.82, 2.24) is 10.1 Å². The first-order chi connectivity index (χ1) is 11.8. The number of hydrogen-bond acceptors (Lipinski definition) is 5. The third-order valence-corrected chi connectivity index (χ3v) is 5.38. The summed E-state index contributed by atoms with van der Waals surface area (Å²) < 4.78 is 42.9. The molecule has 25 heavy (non-hydrogen) atoms. The van der Waals surface area contributed by atoms with Crippen molar-refractivity contribution in [3.05, 3.63) is 28.3 Å². The average molecular weight is 374 g/mol. The number of rotatable bonds is 3. The fourth-order valence-corrected chi connectivity index (χ4v) is 3.98. The number of carbonyl (C=O) groups excluding carboxylic acids is 1. The zero-order chi connectivity index (χ0) is 18.2. The first kappa shape index (κ1) is 17.9. The highest BCUT2D eigenvalue weighted by Gasteiger charge is 2.39. The van der Waals surface area contributed by atoms with Crippen LogP contribution in [0.4, 0.5) is 13.2 Å². The van der Waals surface area contributed by atoms with Crippen LogP contribution in [0, 0.1) is 12.8 Å². The second-order valence-corrected chi connectivity index (χ2v) is 7.17. The van der Waals surface area contributed by atoms with Gasteiger partial charge in [0, 0.05) is 25.3 Å². The molecule has 1 aliphatic heterocycles. The Morgan fingerprint density at radius 3 is 2.88 bits per heavy atom. The zero-order valence-electron chi connectivity index (χ0n) is 13.5. The number of carbonyl (C=O) groups is 1. The number of aliphatic hydroxyl groups is 1. The van der Waals surface area contributed by atoms with Crippen LogP contribution in [-0.4, -0.2) is 40.8 Å². The number of nitrogens with zero attached hydrogens (tertiary/aromatic N) is 2. The lowest BCUT2D eigenvalue weighted by atomic mass is 9.99. The lowest BCUT2D eigenvalue weighted by Crippen LogP contribution is -2.40. The molecule has 2 aromatic heterocycles. The van der Waals surface area contributed by atoms with E-state index in [0.29, 0.717) is 22.8 Å². The van der Waals surface area contributed by atoms with Gasteiger partial charge in [0.05, 0.1) is 9.75 Å². The smallest absolute Gasteiger partial charge is 0.396 e. The summed E-state index contributed by atoms with van der Waals surface area (Å²) >= 11 is 1.09. The van der Waals surface area contributed by atoms with Crippen LogP contribution in [0.2, 0.25) is 0 Å². The van der Waals surface area contributed by atoms with Crippen molar-refractivity contribution in [3.63, 3.8) is 0 Å². The molecule has 0 radical (unpaired) electrons. The number of alkyl halides is 3. The number of amides is 1. The lowest BCUT2D eigenvalue weighted by molar-refractivity contribution is -0.156. The summed E-state index contributed by atoms with van der Waals surface area (Å²) in [6.45, 7) is 2.44. The van der Waals surface area contributed by atoms with Gasteiger partial charge in [-0.1, -0.05) is 5.16 Å². The molecule has 1 aliphatic rings. The standard InChI is InChI=1S/C16H17F3N2O3S/c1-9-13(20-24-14(9)16(17,18)19)11-4-5-12(25-11)15(23)21-6-2-3-10(7-21)8-22/h4-5,10,22H,2-3,6-8H2,1H3/t10-/m0/s1. The number of piperidine rings is 1. The molecule has 1 atom stereocenters. The van der Waals surface area contributed by atoms with E-state index in [9.17, 15) is 23.1 Å². The third kappa shape index (κ3) is 3.57. The maximum atomic E-state index is 12.8. The van der Waals surface area contributed by atoms with Crippen molar-refractivity contribution in [3.8, 4) is 10.6 Å². The Balaban J connectivity index is 1.81. The first-order valence-corrected chi connectivity index (χ1v) is 8.66. The van der Waals surface area contributed by atoms with Gasteiger partial charge in [-0.25, -0.2) is 0 Å². The number of hydrogen-bond donors (Lipinski definition) is 1. The van der Waals surface area contributed by atoms with Crippen LogP contribution in [0.15, 0.2) is 16.7 Å². The van der Waals surface area contributed by atoms with Crippen molar-refractivity contribution < 1.29 is 27.6 Å². The van der Waals surface area contributed by atoms with Gasteiger partial charge < -0.3 is 14.5 Å². The number of thiophene rings is 1. The zero-order valence-corrected chi connectivity index (χ0v) is 14.3. The summed E-state index contributed by atoms with van der Waals surface area (Å²) in [5.41, 5.74) is 0.00919. The number of aromatic nitrogens is 1. The normalized spacial score (nSPS) is 18.6. The molecule has 2 aromatic rings. The molecule has 136 valence electrons. The second-order valence-electron chi connectivity index (χ2n) is 6.09. The number of halogens is 3. The maximum Gasteiger partial charge on any atom is 0.452 e. The largest absolute Gasteiger partial charge is 0.452 e. The molecule has 0 aliphatic carbocycles. The predicted molar refractivity (Wildman–Crippen MR) is 85.3 cm³/mol. The van der Waals surface area contributed by atoms with Crippen LogP contribution in [-0.2, 0) is 6.18 Å². The highest BCUT2D eigenvalue weighted by Crippen LogP contribution is 2.38. The van der Waals surface area contributed by atoms with Crippen molar-refractivity contribution in [2.24, 2.45) is 5.92 Å². The van der Waals surface area contributed by atoms with Crippen LogP contribution in [0.25, 0.3) is 10.6 Å². The van der Waals surface area contributed by atoms with E-state index in [1.807, 2.05) is 0 Å². The minimum absolute atomic E-state index is 0.0395. The van der Waals surface area contributed by atoms with Gasteiger partial charge in [0.25, 0.3) is 5.91 Å². The van der Waals surface area contributed by atoms with Crippen LogP contribution in [0.1, 0.15) is 33.8 Å². The van der Waals surface area contributed by atoms with Gasteiger partial charge in [-0.2, -0.15) is 13.2 Å². The molecule has 3 heterocycles. The topological polar surface area (TPSA) is 66.6 Å². The molecular formula is C16H17F3N2O3S. The maximum absolute atomic E-state index is 12.8. The fraction of sp³-hybridized carbons (Fsp3) is 0.500. The molecule has 1 N–H and O–H groups in total.